The SMILES string of the molecule is Cc1nc(N)ccc1CNC(=O)[C@@H]1CCc2cnc(NCCc3ccc(-c4ccccc4)cn3)c(=O)n21. The summed E-state index contributed by atoms with van der Waals surface area (Å²) < 4.78 is 1.56. The third kappa shape index (κ3) is 5.35. The highest BCUT2D eigenvalue weighted by Gasteiger charge is 2.30. The monoisotopic (exact) mass is 495 g/mol. The average Bonchev–Trinajstić information content (AvgIpc) is 3.35. The van der Waals surface area contributed by atoms with Crippen molar-refractivity contribution >= 4 is 17.5 Å². The van der Waals surface area contributed by atoms with E-state index in [-0.39, 0.29) is 17.3 Å². The Bertz CT molecular complexity index is 1470. The maximum Gasteiger partial charge on any atom is 0.294 e. The number of fused-ring (bicyclic) bond motifs is 1. The van der Waals surface area contributed by atoms with Gasteiger partial charge < -0.3 is 16.4 Å². The maximum absolute atomic E-state index is 13.2. The molecule has 0 bridgehead atoms. The fourth-order valence-corrected chi connectivity index (χ4v) is 4.59. The van der Waals surface area contributed by atoms with Gasteiger partial charge in [0.2, 0.25) is 5.91 Å². The van der Waals surface area contributed by atoms with E-state index in [2.05, 4.69) is 37.7 Å². The molecule has 4 N–H and O–H groups in total. The lowest BCUT2D eigenvalue weighted by Crippen LogP contribution is -2.36. The van der Waals surface area contributed by atoms with Crippen molar-refractivity contribution in [3.8, 4) is 11.1 Å². The molecule has 9 nitrogen and oxygen atoms in total. The number of nitrogens with zero attached hydrogens (tertiary/aromatic N) is 4. The molecule has 1 atom stereocenters. The molecule has 0 spiro atoms. The molecule has 4 heterocycles. The van der Waals surface area contributed by atoms with E-state index in [4.69, 9.17) is 5.73 Å². The van der Waals surface area contributed by atoms with Crippen LogP contribution in [0.5, 0.6) is 0 Å². The summed E-state index contributed by atoms with van der Waals surface area (Å²) in [6.45, 7) is 2.67. The predicted octanol–water partition coefficient (Wildman–Crippen LogP) is 3.05. The van der Waals surface area contributed by atoms with Crippen LogP contribution in [0.15, 0.2) is 71.8 Å². The van der Waals surface area contributed by atoms with Crippen LogP contribution in [0.4, 0.5) is 11.6 Å². The zero-order valence-corrected chi connectivity index (χ0v) is 20.6. The Morgan fingerprint density at radius 1 is 1.05 bits per heavy atom. The number of benzene rings is 1. The smallest absolute Gasteiger partial charge is 0.294 e. The fraction of sp³-hybridized carbons (Fsp3) is 0.250. The molecule has 1 amide bonds. The van der Waals surface area contributed by atoms with Gasteiger partial charge in [0.05, 0.1) is 0 Å². The standard InChI is InChI=1S/C28H29N7O2/c1-18-20(8-12-25(29)34-18)15-33-27(36)24-11-10-23-17-32-26(28(37)35(23)24)30-14-13-22-9-7-21(16-31-22)19-5-3-2-4-6-19/h2-9,12,16-17,24H,10-11,13-15H2,1H3,(H2,29,34)(H,30,32)(H,33,36)/t24-/m0/s1. The van der Waals surface area contributed by atoms with Crippen molar-refractivity contribution in [1.29, 1.82) is 0 Å². The summed E-state index contributed by atoms with van der Waals surface area (Å²) in [7, 11) is 0. The number of hydrogen-bond donors (Lipinski definition) is 3. The minimum atomic E-state index is -0.569. The van der Waals surface area contributed by atoms with Crippen molar-refractivity contribution in [2.24, 2.45) is 0 Å². The molecule has 4 aromatic rings. The van der Waals surface area contributed by atoms with Crippen LogP contribution in [-0.4, -0.2) is 32.0 Å². The van der Waals surface area contributed by atoms with Crippen LogP contribution >= 0.6 is 0 Å². The molecule has 188 valence electrons. The van der Waals surface area contributed by atoms with Gasteiger partial charge in [-0.1, -0.05) is 42.5 Å². The Balaban J connectivity index is 1.21. The van der Waals surface area contributed by atoms with Crippen molar-refractivity contribution in [2.45, 2.75) is 38.8 Å². The first-order valence-electron chi connectivity index (χ1n) is 12.3. The number of nitrogens with one attached hydrogen (secondary N) is 2. The fourth-order valence-electron chi connectivity index (χ4n) is 4.59. The number of hydrogen-bond acceptors (Lipinski definition) is 7. The first-order chi connectivity index (χ1) is 18.0. The molecular weight excluding hydrogens is 466 g/mol. The third-order valence-corrected chi connectivity index (χ3v) is 6.64. The van der Waals surface area contributed by atoms with Crippen molar-refractivity contribution in [3.63, 3.8) is 0 Å². The molecule has 1 aliphatic rings. The molecule has 0 fully saturated rings. The van der Waals surface area contributed by atoms with Crippen LogP contribution in [0.25, 0.3) is 11.1 Å². The predicted molar refractivity (Wildman–Crippen MR) is 143 cm³/mol. The molecule has 0 aliphatic carbocycles. The summed E-state index contributed by atoms with van der Waals surface area (Å²) in [5.41, 5.74) is 10.9. The molecule has 3 aromatic heterocycles. The number of pyridine rings is 2. The Morgan fingerprint density at radius 2 is 1.89 bits per heavy atom. The molecular formula is C28H29N7O2. The maximum atomic E-state index is 13.2. The van der Waals surface area contributed by atoms with Crippen LogP contribution in [-0.2, 0) is 24.2 Å². The number of aryl methyl sites for hydroxylation is 2. The molecule has 5 rings (SSSR count). The van der Waals surface area contributed by atoms with E-state index < -0.39 is 6.04 Å². The van der Waals surface area contributed by atoms with Crippen molar-refractivity contribution in [1.82, 2.24) is 24.8 Å². The van der Waals surface area contributed by atoms with Crippen LogP contribution in [0, 0.1) is 6.92 Å². The zero-order valence-electron chi connectivity index (χ0n) is 20.6. The molecule has 9 heteroatoms. The van der Waals surface area contributed by atoms with Gasteiger partial charge in [0.15, 0.2) is 5.82 Å². The largest absolute Gasteiger partial charge is 0.384 e. The highest BCUT2D eigenvalue weighted by molar-refractivity contribution is 5.81. The summed E-state index contributed by atoms with van der Waals surface area (Å²) in [5, 5.41) is 6.07. The summed E-state index contributed by atoms with van der Waals surface area (Å²) in [6, 6.07) is 17.1. The van der Waals surface area contributed by atoms with Gasteiger partial charge in [-0.15, -0.1) is 0 Å². The van der Waals surface area contributed by atoms with Gasteiger partial charge in [-0.25, -0.2) is 9.97 Å². The average molecular weight is 496 g/mol. The molecule has 0 unspecified atom stereocenters. The van der Waals surface area contributed by atoms with E-state index >= 15 is 0 Å². The number of nitrogens with two attached hydrogens (primary N) is 1. The van der Waals surface area contributed by atoms with Crippen LogP contribution in [0.1, 0.15) is 35.1 Å². The molecule has 1 aliphatic heterocycles. The summed E-state index contributed by atoms with van der Waals surface area (Å²) in [5.74, 6) is 0.483. The minimum absolute atomic E-state index is 0.197. The molecule has 0 radical (unpaired) electrons. The number of amides is 1. The summed E-state index contributed by atoms with van der Waals surface area (Å²) in [4.78, 5) is 39.3. The van der Waals surface area contributed by atoms with Gasteiger partial charge in [-0.3, -0.25) is 19.1 Å². The summed E-state index contributed by atoms with van der Waals surface area (Å²) >= 11 is 0. The lowest BCUT2D eigenvalue weighted by Gasteiger charge is -2.16. The first kappa shape index (κ1) is 24.2. The van der Waals surface area contributed by atoms with Crippen LogP contribution in [0.2, 0.25) is 0 Å². The van der Waals surface area contributed by atoms with Crippen LogP contribution < -0.4 is 21.9 Å². The number of carbonyl (C=O) groups excluding carboxylic acids is 1. The lowest BCUT2D eigenvalue weighted by atomic mass is 10.1. The molecule has 37 heavy (non-hydrogen) atoms. The van der Waals surface area contributed by atoms with Gasteiger partial charge >= 0.3 is 0 Å². The zero-order chi connectivity index (χ0) is 25.8. The Labute approximate surface area is 214 Å². The van der Waals surface area contributed by atoms with E-state index in [0.29, 0.717) is 38.2 Å². The van der Waals surface area contributed by atoms with Gasteiger partial charge in [-0.2, -0.15) is 0 Å². The van der Waals surface area contributed by atoms with Crippen LogP contribution in [0.3, 0.4) is 0 Å². The Hall–Kier alpha value is -4.53. The van der Waals surface area contributed by atoms with Gasteiger partial charge in [0, 0.05) is 54.5 Å². The number of carbonyl (C=O) groups is 1. The summed E-state index contributed by atoms with van der Waals surface area (Å²) in [6.07, 6.45) is 5.36. The number of anilines is 2. The number of rotatable bonds is 8. The number of aromatic nitrogens is 4. The van der Waals surface area contributed by atoms with E-state index in [9.17, 15) is 9.59 Å². The Morgan fingerprint density at radius 3 is 2.65 bits per heavy atom. The highest BCUT2D eigenvalue weighted by Crippen LogP contribution is 2.24. The number of nitrogen functional groups attached to an aromatic ring is 1. The van der Waals surface area contributed by atoms with E-state index in [1.165, 1.54) is 0 Å². The second-order valence-corrected chi connectivity index (χ2v) is 9.11. The quantitative estimate of drug-likeness (QED) is 0.343. The van der Waals surface area contributed by atoms with Gasteiger partial charge in [0.25, 0.3) is 5.56 Å². The van der Waals surface area contributed by atoms with Gasteiger partial charge in [0.1, 0.15) is 11.9 Å². The second-order valence-electron chi connectivity index (χ2n) is 9.11. The highest BCUT2D eigenvalue weighted by atomic mass is 16.2. The van der Waals surface area contributed by atoms with E-state index in [1.54, 1.807) is 16.8 Å². The van der Waals surface area contributed by atoms with Crippen molar-refractivity contribution in [2.75, 3.05) is 17.6 Å². The van der Waals surface area contributed by atoms with Crippen molar-refractivity contribution in [3.05, 3.63) is 100.0 Å². The lowest BCUT2D eigenvalue weighted by molar-refractivity contribution is -0.124. The molecule has 0 saturated heterocycles. The normalized spacial score (nSPS) is 14.2. The third-order valence-electron chi connectivity index (χ3n) is 6.64. The topological polar surface area (TPSA) is 128 Å². The molecule has 0 saturated carbocycles. The van der Waals surface area contributed by atoms with E-state index in [1.807, 2.05) is 49.5 Å². The van der Waals surface area contributed by atoms with Crippen molar-refractivity contribution < 1.29 is 4.79 Å². The minimum Gasteiger partial charge on any atom is -0.384 e. The van der Waals surface area contributed by atoms with Gasteiger partial charge in [-0.05, 0) is 43.0 Å². The first-order valence-corrected chi connectivity index (χ1v) is 12.3. The second kappa shape index (κ2) is 10.6. The van der Waals surface area contributed by atoms with E-state index in [0.717, 1.165) is 33.8 Å². The Kier molecular flexibility index (Phi) is 6.93. The molecule has 1 aromatic carbocycles.